The van der Waals surface area contributed by atoms with Crippen molar-refractivity contribution in [3.05, 3.63) is 70.3 Å². The monoisotopic (exact) mass is 379 g/mol. The molecule has 2 aromatic rings. The maximum atomic E-state index is 12.7. The van der Waals surface area contributed by atoms with Crippen molar-refractivity contribution in [2.24, 2.45) is 0 Å². The number of halogens is 1. The predicted octanol–water partition coefficient (Wildman–Crippen LogP) is 4.10. The minimum absolute atomic E-state index is 0.113. The van der Waals surface area contributed by atoms with Gasteiger partial charge in [0.2, 0.25) is 5.91 Å². The molecule has 6 heteroatoms. The molecule has 2 aromatic carbocycles. The highest BCUT2D eigenvalue weighted by atomic mass is 35.5. The number of carbonyl (C=O) groups excluding carboxylic acids is 2. The Kier molecular flexibility index (Phi) is 5.90. The van der Waals surface area contributed by atoms with Crippen LogP contribution in [0.25, 0.3) is 6.08 Å². The zero-order valence-electron chi connectivity index (χ0n) is 14.6. The maximum absolute atomic E-state index is 12.7. The summed E-state index contributed by atoms with van der Waals surface area (Å²) < 4.78 is 0. The van der Waals surface area contributed by atoms with E-state index in [1.165, 1.54) is 6.08 Å². The van der Waals surface area contributed by atoms with E-state index < -0.39 is 5.91 Å². The molecule has 5 nitrogen and oxygen atoms in total. The van der Waals surface area contributed by atoms with Gasteiger partial charge in [-0.25, -0.2) is 0 Å². The van der Waals surface area contributed by atoms with Crippen molar-refractivity contribution in [3.63, 3.8) is 0 Å². The Hall–Kier alpha value is -3.10. The molecular formula is C21H18ClN3O2. The summed E-state index contributed by atoms with van der Waals surface area (Å²) in [6.45, 7) is 1.44. The van der Waals surface area contributed by atoms with Crippen molar-refractivity contribution >= 4 is 35.2 Å². The molecule has 1 aliphatic heterocycles. The average Bonchev–Trinajstić information content (AvgIpc) is 3.21. The smallest absolute Gasteiger partial charge is 0.255 e. The molecule has 136 valence electrons. The van der Waals surface area contributed by atoms with Gasteiger partial charge in [0, 0.05) is 24.2 Å². The SMILES string of the molecule is N#Cc1ccccc1/C=C/C(=O)Nc1cc(Cl)ccc1C(=O)N1CCCC1. The van der Waals surface area contributed by atoms with Gasteiger partial charge in [-0.2, -0.15) is 5.26 Å². The summed E-state index contributed by atoms with van der Waals surface area (Å²) in [6, 6.07) is 13.9. The number of hydrogen-bond acceptors (Lipinski definition) is 3. The third-order valence-electron chi connectivity index (χ3n) is 4.36. The second-order valence-electron chi connectivity index (χ2n) is 6.21. The van der Waals surface area contributed by atoms with Crippen LogP contribution in [0.1, 0.15) is 34.3 Å². The molecule has 0 aliphatic carbocycles. The van der Waals surface area contributed by atoms with E-state index in [0.29, 0.717) is 27.4 Å². The van der Waals surface area contributed by atoms with Crippen LogP contribution in [0.4, 0.5) is 5.69 Å². The van der Waals surface area contributed by atoms with Crippen LogP contribution in [0.15, 0.2) is 48.5 Å². The number of nitriles is 1. The van der Waals surface area contributed by atoms with Crippen molar-refractivity contribution in [1.29, 1.82) is 5.26 Å². The van der Waals surface area contributed by atoms with Crippen LogP contribution in [-0.2, 0) is 4.79 Å². The minimum atomic E-state index is -0.402. The fraction of sp³-hybridized carbons (Fsp3) is 0.190. The second-order valence-corrected chi connectivity index (χ2v) is 6.65. The van der Waals surface area contributed by atoms with E-state index in [1.54, 1.807) is 53.4 Å². The average molecular weight is 380 g/mol. The molecule has 0 bridgehead atoms. The van der Waals surface area contributed by atoms with Gasteiger partial charge in [-0.1, -0.05) is 29.8 Å². The Labute approximate surface area is 162 Å². The number of benzene rings is 2. The van der Waals surface area contributed by atoms with E-state index in [2.05, 4.69) is 11.4 Å². The molecule has 0 spiro atoms. The molecule has 1 N–H and O–H groups in total. The third-order valence-corrected chi connectivity index (χ3v) is 4.59. The summed E-state index contributed by atoms with van der Waals surface area (Å²) in [5.74, 6) is -0.515. The summed E-state index contributed by atoms with van der Waals surface area (Å²) in [5, 5.41) is 12.3. The minimum Gasteiger partial charge on any atom is -0.339 e. The molecule has 27 heavy (non-hydrogen) atoms. The summed E-state index contributed by atoms with van der Waals surface area (Å²) in [4.78, 5) is 26.8. The first kappa shape index (κ1) is 18.7. The predicted molar refractivity (Wildman–Crippen MR) is 105 cm³/mol. The number of nitrogens with one attached hydrogen (secondary N) is 1. The van der Waals surface area contributed by atoms with E-state index >= 15 is 0 Å². The summed E-state index contributed by atoms with van der Waals surface area (Å²) in [5.41, 5.74) is 1.92. The number of carbonyl (C=O) groups is 2. The number of rotatable bonds is 4. The van der Waals surface area contributed by atoms with Gasteiger partial charge >= 0.3 is 0 Å². The molecule has 1 saturated heterocycles. The van der Waals surface area contributed by atoms with Crippen LogP contribution < -0.4 is 5.32 Å². The zero-order valence-corrected chi connectivity index (χ0v) is 15.4. The quantitative estimate of drug-likeness (QED) is 0.813. The van der Waals surface area contributed by atoms with Gasteiger partial charge in [0.15, 0.2) is 0 Å². The molecule has 1 fully saturated rings. The molecule has 2 amide bonds. The van der Waals surface area contributed by atoms with Gasteiger partial charge in [0.25, 0.3) is 5.91 Å². The standard InChI is InChI=1S/C21H18ClN3O2/c22-17-8-9-18(21(27)25-11-3-4-12-25)19(13-17)24-20(26)10-7-15-5-1-2-6-16(15)14-23/h1-2,5-10,13H,3-4,11-12H2,(H,24,26)/b10-7+. The van der Waals surface area contributed by atoms with Crippen LogP contribution in [0.5, 0.6) is 0 Å². The first-order valence-corrected chi connectivity index (χ1v) is 9.03. The molecule has 3 rings (SSSR count). The fourth-order valence-corrected chi connectivity index (χ4v) is 3.15. The number of nitrogens with zero attached hydrogens (tertiary/aromatic N) is 2. The largest absolute Gasteiger partial charge is 0.339 e. The molecule has 0 aromatic heterocycles. The lowest BCUT2D eigenvalue weighted by molar-refractivity contribution is -0.111. The van der Waals surface area contributed by atoms with Crippen molar-refractivity contribution in [2.75, 3.05) is 18.4 Å². The Morgan fingerprint density at radius 2 is 1.89 bits per heavy atom. The van der Waals surface area contributed by atoms with Gasteiger partial charge in [-0.15, -0.1) is 0 Å². The number of hydrogen-bond donors (Lipinski definition) is 1. The highest BCUT2D eigenvalue weighted by Gasteiger charge is 2.22. The number of likely N-dealkylation sites (tertiary alicyclic amines) is 1. The third kappa shape index (κ3) is 4.55. The molecule has 1 heterocycles. The lowest BCUT2D eigenvalue weighted by Crippen LogP contribution is -2.28. The lowest BCUT2D eigenvalue weighted by Gasteiger charge is -2.18. The number of anilines is 1. The van der Waals surface area contributed by atoms with E-state index in [-0.39, 0.29) is 5.91 Å². The summed E-state index contributed by atoms with van der Waals surface area (Å²) >= 11 is 6.05. The molecule has 0 saturated carbocycles. The molecule has 0 atom stereocenters. The first-order valence-electron chi connectivity index (χ1n) is 8.65. The Morgan fingerprint density at radius 1 is 1.15 bits per heavy atom. The van der Waals surface area contributed by atoms with Crippen LogP contribution in [0, 0.1) is 11.3 Å². The topological polar surface area (TPSA) is 73.2 Å². The van der Waals surface area contributed by atoms with Gasteiger partial charge in [-0.05, 0) is 48.7 Å². The molecular weight excluding hydrogens is 362 g/mol. The summed E-state index contributed by atoms with van der Waals surface area (Å²) in [7, 11) is 0. The Morgan fingerprint density at radius 3 is 2.63 bits per heavy atom. The first-order chi connectivity index (χ1) is 13.1. The van der Waals surface area contributed by atoms with Gasteiger partial charge in [0.1, 0.15) is 0 Å². The van der Waals surface area contributed by atoms with Gasteiger partial charge in [-0.3, -0.25) is 9.59 Å². The van der Waals surface area contributed by atoms with E-state index in [1.807, 2.05) is 0 Å². The van der Waals surface area contributed by atoms with Gasteiger partial charge < -0.3 is 10.2 Å². The van der Waals surface area contributed by atoms with Crippen molar-refractivity contribution in [1.82, 2.24) is 4.90 Å². The highest BCUT2D eigenvalue weighted by molar-refractivity contribution is 6.31. The zero-order chi connectivity index (χ0) is 19.2. The number of amides is 2. The second kappa shape index (κ2) is 8.52. The Bertz CT molecular complexity index is 941. The van der Waals surface area contributed by atoms with Crippen molar-refractivity contribution in [2.45, 2.75) is 12.8 Å². The lowest BCUT2D eigenvalue weighted by atomic mass is 10.1. The maximum Gasteiger partial charge on any atom is 0.255 e. The van der Waals surface area contributed by atoms with Crippen LogP contribution >= 0.6 is 11.6 Å². The highest BCUT2D eigenvalue weighted by Crippen LogP contribution is 2.24. The van der Waals surface area contributed by atoms with Gasteiger partial charge in [0.05, 0.1) is 22.9 Å². The fourth-order valence-electron chi connectivity index (χ4n) is 2.98. The normalized spacial score (nSPS) is 13.6. The molecule has 0 unspecified atom stereocenters. The van der Waals surface area contributed by atoms with Crippen LogP contribution in [0.3, 0.4) is 0 Å². The van der Waals surface area contributed by atoms with E-state index in [9.17, 15) is 9.59 Å². The van der Waals surface area contributed by atoms with Crippen molar-refractivity contribution < 1.29 is 9.59 Å². The molecule has 1 aliphatic rings. The Balaban J connectivity index is 1.79. The van der Waals surface area contributed by atoms with E-state index in [4.69, 9.17) is 16.9 Å². The summed E-state index contributed by atoms with van der Waals surface area (Å²) in [6.07, 6.45) is 4.88. The van der Waals surface area contributed by atoms with Crippen molar-refractivity contribution in [3.8, 4) is 6.07 Å². The van der Waals surface area contributed by atoms with Crippen LogP contribution in [-0.4, -0.2) is 29.8 Å². The van der Waals surface area contributed by atoms with E-state index in [0.717, 1.165) is 25.9 Å². The van der Waals surface area contributed by atoms with Crippen LogP contribution in [0.2, 0.25) is 5.02 Å². The molecule has 0 radical (unpaired) electrons.